The third-order valence-electron chi connectivity index (χ3n) is 3.17. The molecule has 1 atom stereocenters. The number of carbonyl (C=O) groups is 1. The molecule has 5 heteroatoms. The Morgan fingerprint density at radius 1 is 1.24 bits per heavy atom. The summed E-state index contributed by atoms with van der Waals surface area (Å²) in [4.78, 5) is 23.4. The van der Waals surface area contributed by atoms with E-state index in [1.54, 1.807) is 24.4 Å². The molecule has 2 aromatic rings. The number of aliphatic hydroxyl groups is 1. The largest absolute Gasteiger partial charge is 0.388 e. The topological polar surface area (TPSA) is 71.3 Å². The number of nitrogens with one attached hydrogen (secondary N) is 1. The average molecular weight is 286 g/mol. The maximum atomic E-state index is 11.9. The van der Waals surface area contributed by atoms with E-state index in [2.05, 4.69) is 5.32 Å². The zero-order chi connectivity index (χ0) is 15.2. The van der Waals surface area contributed by atoms with Crippen LogP contribution in [0.4, 0.5) is 5.69 Å². The Morgan fingerprint density at radius 2 is 1.95 bits per heavy atom. The quantitative estimate of drug-likeness (QED) is 0.882. The van der Waals surface area contributed by atoms with Crippen LogP contribution >= 0.6 is 0 Å². The third kappa shape index (κ3) is 4.03. The predicted molar refractivity (Wildman–Crippen MR) is 81.0 cm³/mol. The molecule has 21 heavy (non-hydrogen) atoms. The lowest BCUT2D eigenvalue weighted by atomic mass is 10.1. The van der Waals surface area contributed by atoms with Crippen molar-refractivity contribution in [3.8, 4) is 0 Å². The fourth-order valence-electron chi connectivity index (χ4n) is 2.03. The molecule has 0 saturated heterocycles. The number of benzene rings is 1. The molecule has 0 aliphatic heterocycles. The number of hydrogen-bond donors (Lipinski definition) is 2. The van der Waals surface area contributed by atoms with Gasteiger partial charge in [0.25, 0.3) is 5.56 Å². The van der Waals surface area contributed by atoms with Crippen LogP contribution in [-0.2, 0) is 11.3 Å². The summed E-state index contributed by atoms with van der Waals surface area (Å²) in [7, 11) is 0. The van der Waals surface area contributed by atoms with Gasteiger partial charge in [0, 0.05) is 18.8 Å². The number of anilines is 1. The van der Waals surface area contributed by atoms with E-state index >= 15 is 0 Å². The van der Waals surface area contributed by atoms with Crippen LogP contribution in [0.3, 0.4) is 0 Å². The Kier molecular flexibility index (Phi) is 4.90. The fraction of sp³-hybridized carbons (Fsp3) is 0.250. The van der Waals surface area contributed by atoms with Crippen LogP contribution in [-0.4, -0.2) is 15.6 Å². The molecule has 0 saturated carbocycles. The maximum Gasteiger partial charge on any atom is 0.250 e. The molecule has 0 bridgehead atoms. The first-order valence-electron chi connectivity index (χ1n) is 6.83. The standard InChI is InChI=1S/C16H18N2O3/c1-2-18-11-13(8-9-16(18)21)17-15(20)10-14(19)12-6-4-3-5-7-12/h3-9,11,14,19H,2,10H2,1H3,(H,17,20). The Morgan fingerprint density at radius 3 is 2.62 bits per heavy atom. The van der Waals surface area contributed by atoms with Gasteiger partial charge in [-0.1, -0.05) is 30.3 Å². The van der Waals surface area contributed by atoms with Crippen LogP contribution in [0.2, 0.25) is 0 Å². The molecule has 2 rings (SSSR count). The molecule has 0 aliphatic rings. The second-order valence-corrected chi connectivity index (χ2v) is 4.72. The third-order valence-corrected chi connectivity index (χ3v) is 3.17. The molecule has 2 N–H and O–H groups in total. The van der Waals surface area contributed by atoms with Gasteiger partial charge in [-0.2, -0.15) is 0 Å². The molecule has 5 nitrogen and oxygen atoms in total. The molecule has 110 valence electrons. The predicted octanol–water partition coefficient (Wildman–Crippen LogP) is 1.93. The van der Waals surface area contributed by atoms with Gasteiger partial charge in [-0.25, -0.2) is 0 Å². The van der Waals surface area contributed by atoms with Crippen molar-refractivity contribution in [2.75, 3.05) is 5.32 Å². The second kappa shape index (κ2) is 6.85. The first-order chi connectivity index (χ1) is 10.1. The molecule has 0 fully saturated rings. The number of pyridine rings is 1. The Labute approximate surface area is 122 Å². The summed E-state index contributed by atoms with van der Waals surface area (Å²) >= 11 is 0. The van der Waals surface area contributed by atoms with Gasteiger partial charge in [-0.15, -0.1) is 0 Å². The first-order valence-corrected chi connectivity index (χ1v) is 6.83. The first kappa shape index (κ1) is 15.0. The molecule has 1 aromatic heterocycles. The highest BCUT2D eigenvalue weighted by Crippen LogP contribution is 2.16. The van der Waals surface area contributed by atoms with Gasteiger partial charge in [0.1, 0.15) is 0 Å². The van der Waals surface area contributed by atoms with Crippen molar-refractivity contribution in [3.63, 3.8) is 0 Å². The van der Waals surface area contributed by atoms with Crippen LogP contribution in [0.5, 0.6) is 0 Å². The van der Waals surface area contributed by atoms with E-state index in [-0.39, 0.29) is 17.9 Å². The monoisotopic (exact) mass is 286 g/mol. The summed E-state index contributed by atoms with van der Waals surface area (Å²) in [6.45, 7) is 2.39. The van der Waals surface area contributed by atoms with Crippen LogP contribution in [0, 0.1) is 0 Å². The van der Waals surface area contributed by atoms with Crippen molar-refractivity contribution in [2.24, 2.45) is 0 Å². The van der Waals surface area contributed by atoms with Crippen molar-refractivity contribution in [2.45, 2.75) is 26.0 Å². The zero-order valence-electron chi connectivity index (χ0n) is 11.8. The molecule has 1 amide bonds. The molecular weight excluding hydrogens is 268 g/mol. The summed E-state index contributed by atoms with van der Waals surface area (Å²) in [6, 6.07) is 12.0. The maximum absolute atomic E-state index is 11.9. The Balaban J connectivity index is 2.00. The van der Waals surface area contributed by atoms with Crippen molar-refractivity contribution in [1.29, 1.82) is 0 Å². The van der Waals surface area contributed by atoms with E-state index in [1.165, 1.54) is 10.6 Å². The molecular formula is C16H18N2O3. The number of rotatable bonds is 5. The van der Waals surface area contributed by atoms with E-state index in [1.807, 2.05) is 25.1 Å². The van der Waals surface area contributed by atoms with Gasteiger partial charge < -0.3 is 15.0 Å². The number of carbonyl (C=O) groups excluding carboxylic acids is 1. The molecule has 1 aromatic carbocycles. The highest BCUT2D eigenvalue weighted by atomic mass is 16.3. The fourth-order valence-corrected chi connectivity index (χ4v) is 2.03. The number of hydrogen-bond acceptors (Lipinski definition) is 3. The smallest absolute Gasteiger partial charge is 0.250 e. The summed E-state index contributed by atoms with van der Waals surface area (Å²) in [5.41, 5.74) is 1.13. The van der Waals surface area contributed by atoms with Crippen LogP contribution < -0.4 is 10.9 Å². The Hall–Kier alpha value is -2.40. The summed E-state index contributed by atoms with van der Waals surface area (Å²) in [6.07, 6.45) is 0.716. The average Bonchev–Trinajstić information content (AvgIpc) is 2.50. The highest BCUT2D eigenvalue weighted by molar-refractivity contribution is 5.90. The van der Waals surface area contributed by atoms with Crippen molar-refractivity contribution < 1.29 is 9.90 Å². The molecule has 1 heterocycles. The van der Waals surface area contributed by atoms with Crippen LogP contribution in [0.25, 0.3) is 0 Å². The second-order valence-electron chi connectivity index (χ2n) is 4.72. The van der Waals surface area contributed by atoms with E-state index < -0.39 is 6.10 Å². The van der Waals surface area contributed by atoms with E-state index in [9.17, 15) is 14.7 Å². The molecule has 0 aliphatic carbocycles. The number of nitrogens with zero attached hydrogens (tertiary/aromatic N) is 1. The van der Waals surface area contributed by atoms with Gasteiger partial charge in [0.15, 0.2) is 0 Å². The van der Waals surface area contributed by atoms with Gasteiger partial charge >= 0.3 is 0 Å². The zero-order valence-corrected chi connectivity index (χ0v) is 11.8. The van der Waals surface area contributed by atoms with Crippen molar-refractivity contribution in [3.05, 3.63) is 64.6 Å². The summed E-state index contributed by atoms with van der Waals surface area (Å²) in [5, 5.41) is 12.7. The minimum absolute atomic E-state index is 0.0325. The number of aryl methyl sites for hydroxylation is 1. The summed E-state index contributed by atoms with van der Waals surface area (Å²) < 4.78 is 1.50. The van der Waals surface area contributed by atoms with Gasteiger partial charge in [-0.3, -0.25) is 9.59 Å². The molecule has 0 radical (unpaired) electrons. The van der Waals surface area contributed by atoms with E-state index in [0.29, 0.717) is 17.8 Å². The summed E-state index contributed by atoms with van der Waals surface area (Å²) in [5.74, 6) is -0.298. The SMILES string of the molecule is CCn1cc(NC(=O)CC(O)c2ccccc2)ccc1=O. The van der Waals surface area contributed by atoms with Crippen LogP contribution in [0.15, 0.2) is 53.5 Å². The Bertz CT molecular complexity index is 665. The number of aromatic nitrogens is 1. The normalized spacial score (nSPS) is 11.9. The van der Waals surface area contributed by atoms with Gasteiger partial charge in [-0.05, 0) is 18.6 Å². The molecule has 1 unspecified atom stereocenters. The lowest BCUT2D eigenvalue weighted by molar-refractivity contribution is -0.118. The lowest BCUT2D eigenvalue weighted by Crippen LogP contribution is -2.20. The number of aliphatic hydroxyl groups excluding tert-OH is 1. The van der Waals surface area contributed by atoms with Gasteiger partial charge in [0.2, 0.25) is 5.91 Å². The van der Waals surface area contributed by atoms with E-state index in [4.69, 9.17) is 0 Å². The van der Waals surface area contributed by atoms with Crippen molar-refractivity contribution >= 4 is 11.6 Å². The van der Waals surface area contributed by atoms with Crippen LogP contribution in [0.1, 0.15) is 25.0 Å². The lowest BCUT2D eigenvalue weighted by Gasteiger charge is -2.12. The minimum Gasteiger partial charge on any atom is -0.388 e. The van der Waals surface area contributed by atoms with Crippen molar-refractivity contribution in [1.82, 2.24) is 4.57 Å². The van der Waals surface area contributed by atoms with Gasteiger partial charge in [0.05, 0.1) is 18.2 Å². The highest BCUT2D eigenvalue weighted by Gasteiger charge is 2.13. The van der Waals surface area contributed by atoms with E-state index in [0.717, 1.165) is 0 Å². The molecule has 0 spiro atoms. The minimum atomic E-state index is -0.844. The number of amides is 1.